The van der Waals surface area contributed by atoms with E-state index in [1.54, 1.807) is 22.7 Å². The maximum Gasteiger partial charge on any atom is 0.192 e. The van der Waals surface area contributed by atoms with Crippen LogP contribution in [0.25, 0.3) is 0 Å². The van der Waals surface area contributed by atoms with E-state index in [2.05, 4.69) is 4.98 Å². The number of benzene rings is 2. The Morgan fingerprint density at radius 2 is 1.29 bits per heavy atom. The molecule has 0 N–H and O–H groups in total. The molecule has 2 saturated heterocycles. The summed E-state index contributed by atoms with van der Waals surface area (Å²) >= 11 is 7.97. The quantitative estimate of drug-likeness (QED) is 0.277. The van der Waals surface area contributed by atoms with Crippen molar-refractivity contribution in [2.24, 2.45) is 0 Å². The van der Waals surface area contributed by atoms with Crippen LogP contribution >= 0.6 is 23.4 Å². The Morgan fingerprint density at radius 3 is 1.91 bits per heavy atom. The van der Waals surface area contributed by atoms with Gasteiger partial charge in [-0.25, -0.2) is 13.8 Å². The highest BCUT2D eigenvalue weighted by molar-refractivity contribution is 7.99. The lowest BCUT2D eigenvalue weighted by atomic mass is 10.1. The summed E-state index contributed by atoms with van der Waals surface area (Å²) in [5.41, 5.74) is 1.35. The van der Waals surface area contributed by atoms with Crippen molar-refractivity contribution in [3.63, 3.8) is 0 Å². The molecule has 3 aliphatic rings. The van der Waals surface area contributed by atoms with Gasteiger partial charge in [0.1, 0.15) is 5.69 Å². The van der Waals surface area contributed by atoms with Crippen LogP contribution in [-0.2, 0) is 0 Å². The van der Waals surface area contributed by atoms with Crippen LogP contribution in [0.4, 0.5) is 37.5 Å². The number of fused-ring (bicyclic) bond motifs is 2. The molecule has 0 aliphatic carbocycles. The Hall–Kier alpha value is -2.51. The molecule has 1 aromatic heterocycles. The summed E-state index contributed by atoms with van der Waals surface area (Å²) in [5, 5.41) is 0.524. The number of aromatic nitrogens is 1. The third-order valence-electron chi connectivity index (χ3n) is 7.04. The molecule has 0 bridgehead atoms. The average molecular weight is 513 g/mol. The number of piperidine rings is 2. The van der Waals surface area contributed by atoms with Gasteiger partial charge in [0.25, 0.3) is 0 Å². The van der Waals surface area contributed by atoms with E-state index in [1.807, 2.05) is 46.2 Å². The lowest BCUT2D eigenvalue weighted by molar-refractivity contribution is 0.523. The summed E-state index contributed by atoms with van der Waals surface area (Å²) in [5.74, 6) is -0.725. The summed E-state index contributed by atoms with van der Waals surface area (Å²) in [6.07, 6.45) is 6.16. The molecule has 0 amide bonds. The van der Waals surface area contributed by atoms with Gasteiger partial charge in [-0.1, -0.05) is 35.5 Å². The standard InChI is InChI=1S/C27H27ClF2N4S/c28-18-11-12-22-20(17-18)34(19-9-3-4-10-21(19)35-22)25-23(29)26(32-13-5-1-6-14-32)31-27(24(25)30)33-15-7-2-8-16-33/h3-4,9-12,17H,1-2,5-8,13-16H2. The number of hydrogen-bond donors (Lipinski definition) is 0. The number of para-hydroxylation sites is 1. The Labute approximate surface area is 213 Å². The number of hydrogen-bond acceptors (Lipinski definition) is 5. The van der Waals surface area contributed by atoms with Gasteiger partial charge in [-0.15, -0.1) is 0 Å². The first-order chi connectivity index (χ1) is 17.1. The average Bonchev–Trinajstić information content (AvgIpc) is 2.89. The van der Waals surface area contributed by atoms with E-state index in [1.165, 1.54) is 0 Å². The molecule has 2 fully saturated rings. The van der Waals surface area contributed by atoms with E-state index in [0.717, 1.165) is 80.2 Å². The summed E-state index contributed by atoms with van der Waals surface area (Å²) < 4.78 is 33.0. The van der Waals surface area contributed by atoms with Crippen molar-refractivity contribution in [1.82, 2.24) is 4.98 Å². The monoisotopic (exact) mass is 512 g/mol. The van der Waals surface area contributed by atoms with E-state index in [9.17, 15) is 0 Å². The van der Waals surface area contributed by atoms with Crippen molar-refractivity contribution >= 4 is 52.1 Å². The maximum absolute atomic E-state index is 16.5. The minimum Gasteiger partial charge on any atom is -0.354 e. The van der Waals surface area contributed by atoms with Gasteiger partial charge in [-0.2, -0.15) is 0 Å². The van der Waals surface area contributed by atoms with Crippen molar-refractivity contribution in [3.8, 4) is 0 Å². The van der Waals surface area contributed by atoms with E-state index in [0.29, 0.717) is 10.7 Å². The van der Waals surface area contributed by atoms with Crippen LogP contribution in [0.1, 0.15) is 38.5 Å². The van der Waals surface area contributed by atoms with Crippen molar-refractivity contribution in [3.05, 3.63) is 59.1 Å². The lowest BCUT2D eigenvalue weighted by Crippen LogP contribution is -2.35. The van der Waals surface area contributed by atoms with E-state index in [4.69, 9.17) is 11.6 Å². The van der Waals surface area contributed by atoms with Gasteiger partial charge in [0.05, 0.1) is 11.4 Å². The lowest BCUT2D eigenvalue weighted by Gasteiger charge is -2.37. The second kappa shape index (κ2) is 9.51. The van der Waals surface area contributed by atoms with Gasteiger partial charge in [-0.3, -0.25) is 0 Å². The molecular weight excluding hydrogens is 486 g/mol. The molecule has 35 heavy (non-hydrogen) atoms. The zero-order valence-electron chi connectivity index (χ0n) is 19.4. The van der Waals surface area contributed by atoms with E-state index < -0.39 is 11.6 Å². The van der Waals surface area contributed by atoms with Crippen LogP contribution in [0.2, 0.25) is 5.02 Å². The fourth-order valence-electron chi connectivity index (χ4n) is 5.30. The normalized spacial score (nSPS) is 17.9. The maximum atomic E-state index is 16.5. The topological polar surface area (TPSA) is 22.6 Å². The van der Waals surface area contributed by atoms with Gasteiger partial charge in [0, 0.05) is 41.0 Å². The molecule has 4 nitrogen and oxygen atoms in total. The highest BCUT2D eigenvalue weighted by Crippen LogP contribution is 2.54. The highest BCUT2D eigenvalue weighted by Gasteiger charge is 2.35. The zero-order valence-corrected chi connectivity index (χ0v) is 21.0. The van der Waals surface area contributed by atoms with Gasteiger partial charge >= 0.3 is 0 Å². The molecule has 8 heteroatoms. The smallest absolute Gasteiger partial charge is 0.192 e. The van der Waals surface area contributed by atoms with E-state index in [-0.39, 0.29) is 17.3 Å². The van der Waals surface area contributed by atoms with E-state index >= 15 is 8.78 Å². The van der Waals surface area contributed by atoms with Gasteiger partial charge in [-0.05, 0) is 68.9 Å². The molecule has 0 unspecified atom stereocenters. The van der Waals surface area contributed by atoms with Crippen LogP contribution in [0, 0.1) is 11.6 Å². The molecule has 0 radical (unpaired) electrons. The molecular formula is C27H27ClF2N4S. The second-order valence-corrected chi connectivity index (χ2v) is 10.9. The Morgan fingerprint density at radius 1 is 0.714 bits per heavy atom. The highest BCUT2D eigenvalue weighted by atomic mass is 35.5. The summed E-state index contributed by atoms with van der Waals surface area (Å²) in [7, 11) is 0. The molecule has 4 heterocycles. The molecule has 0 saturated carbocycles. The van der Waals surface area contributed by atoms with Crippen molar-refractivity contribution in [2.75, 3.05) is 40.9 Å². The van der Waals surface area contributed by atoms with Crippen molar-refractivity contribution < 1.29 is 8.78 Å². The molecule has 182 valence electrons. The van der Waals surface area contributed by atoms with Crippen molar-refractivity contribution in [2.45, 2.75) is 48.3 Å². The summed E-state index contributed by atoms with van der Waals surface area (Å²) in [6.45, 7) is 2.90. The third kappa shape index (κ3) is 4.12. The molecule has 3 aromatic rings. The number of anilines is 5. The summed E-state index contributed by atoms with van der Waals surface area (Å²) in [4.78, 5) is 12.2. The fraction of sp³-hybridized carbons (Fsp3) is 0.370. The van der Waals surface area contributed by atoms with Crippen LogP contribution in [0.3, 0.4) is 0 Å². The Balaban J connectivity index is 1.60. The van der Waals surface area contributed by atoms with Crippen LogP contribution < -0.4 is 14.7 Å². The Bertz CT molecular complexity index is 1220. The van der Waals surface area contributed by atoms with Gasteiger partial charge < -0.3 is 14.7 Å². The number of pyridine rings is 1. The number of rotatable bonds is 3. The van der Waals surface area contributed by atoms with Crippen LogP contribution in [-0.4, -0.2) is 31.2 Å². The van der Waals surface area contributed by atoms with Crippen LogP contribution in [0.5, 0.6) is 0 Å². The second-order valence-electron chi connectivity index (χ2n) is 9.35. The zero-order chi connectivity index (χ0) is 23.9. The predicted octanol–water partition coefficient (Wildman–Crippen LogP) is 7.93. The van der Waals surface area contributed by atoms with Crippen LogP contribution in [0.15, 0.2) is 52.3 Å². The first-order valence-corrected chi connectivity index (χ1v) is 13.6. The molecule has 2 aromatic carbocycles. The molecule has 0 spiro atoms. The minimum absolute atomic E-state index is 0.0718. The van der Waals surface area contributed by atoms with Gasteiger partial charge in [0.2, 0.25) is 0 Å². The van der Waals surface area contributed by atoms with Gasteiger partial charge in [0.15, 0.2) is 23.3 Å². The number of nitrogens with zero attached hydrogens (tertiary/aromatic N) is 4. The Kier molecular flexibility index (Phi) is 6.23. The minimum atomic E-state index is -0.613. The molecule has 6 rings (SSSR count). The number of halogens is 3. The first-order valence-electron chi connectivity index (χ1n) is 12.4. The molecule has 0 atom stereocenters. The predicted molar refractivity (Wildman–Crippen MR) is 140 cm³/mol. The third-order valence-corrected chi connectivity index (χ3v) is 8.41. The first kappa shape index (κ1) is 22.9. The largest absolute Gasteiger partial charge is 0.354 e. The fourth-order valence-corrected chi connectivity index (χ4v) is 6.51. The summed E-state index contributed by atoms with van der Waals surface area (Å²) in [6, 6.07) is 13.3. The molecule has 3 aliphatic heterocycles. The van der Waals surface area contributed by atoms with Crippen molar-refractivity contribution in [1.29, 1.82) is 0 Å². The SMILES string of the molecule is Fc1c(N2CCCCC2)nc(N2CCCCC2)c(F)c1N1c2ccccc2Sc2ccc(Cl)cc21.